The van der Waals surface area contributed by atoms with E-state index in [2.05, 4.69) is 4.98 Å². The van der Waals surface area contributed by atoms with Crippen LogP contribution in [0.25, 0.3) is 50.4 Å². The van der Waals surface area contributed by atoms with E-state index in [4.69, 9.17) is 19.6 Å². The van der Waals surface area contributed by atoms with E-state index in [9.17, 15) is 4.79 Å². The summed E-state index contributed by atoms with van der Waals surface area (Å²) in [7, 11) is 3.22. The summed E-state index contributed by atoms with van der Waals surface area (Å²) in [6.45, 7) is 0. The van der Waals surface area contributed by atoms with Crippen LogP contribution in [0, 0.1) is 0 Å². The second-order valence-corrected chi connectivity index (χ2v) is 9.62. The molecule has 0 aliphatic rings. The number of nitrogens with one attached hydrogen (secondary N) is 1. The molecule has 0 spiro atoms. The predicted molar refractivity (Wildman–Crippen MR) is 157 cm³/mol. The largest absolute Gasteiger partial charge is 0.493 e. The van der Waals surface area contributed by atoms with E-state index < -0.39 is 0 Å². The SMILES string of the molecule is COc1ccc(-c2nn(-c3ccccc3)cc2/C=C/c2nc3scc(-c4ccccc4)c3c(=O)[nH]2)cc1OC. The third kappa shape index (κ3) is 4.73. The smallest absolute Gasteiger partial charge is 0.260 e. The minimum Gasteiger partial charge on any atom is -0.493 e. The molecule has 3 heterocycles. The van der Waals surface area contributed by atoms with E-state index in [-0.39, 0.29) is 5.56 Å². The number of fused-ring (bicyclic) bond motifs is 1. The minimum absolute atomic E-state index is 0.167. The van der Waals surface area contributed by atoms with Crippen LogP contribution >= 0.6 is 11.3 Å². The number of aromatic amines is 1. The average Bonchev–Trinajstić information content (AvgIpc) is 3.62. The van der Waals surface area contributed by atoms with Crippen molar-refractivity contribution in [3.8, 4) is 39.6 Å². The van der Waals surface area contributed by atoms with Gasteiger partial charge in [0.15, 0.2) is 11.5 Å². The number of benzene rings is 3. The zero-order valence-corrected chi connectivity index (χ0v) is 22.1. The van der Waals surface area contributed by atoms with Crippen LogP contribution in [0.4, 0.5) is 0 Å². The number of methoxy groups -OCH3 is 2. The van der Waals surface area contributed by atoms with Crippen LogP contribution in [0.5, 0.6) is 11.5 Å². The number of H-pyrrole nitrogens is 1. The Morgan fingerprint density at radius 2 is 1.62 bits per heavy atom. The van der Waals surface area contributed by atoms with Crippen molar-refractivity contribution >= 4 is 33.7 Å². The topological polar surface area (TPSA) is 82.0 Å². The summed E-state index contributed by atoms with van der Waals surface area (Å²) in [5, 5.41) is 7.46. The summed E-state index contributed by atoms with van der Waals surface area (Å²) in [6.07, 6.45) is 5.67. The third-order valence-corrected chi connectivity index (χ3v) is 7.26. The standard InChI is InChI=1S/C31H24N4O3S/c1-37-25-15-13-21(17-26(25)38-2)29-22(18-35(34-29)23-11-7-4-8-12-23)14-16-27-32-30(36)28-24(19-39-31(28)33-27)20-9-5-3-6-10-20/h3-19H,1-2H3,(H,32,33,36)/b16-14+. The van der Waals surface area contributed by atoms with Crippen molar-refractivity contribution < 1.29 is 9.47 Å². The van der Waals surface area contributed by atoms with Gasteiger partial charge in [-0.15, -0.1) is 11.3 Å². The second-order valence-electron chi connectivity index (χ2n) is 8.76. The molecule has 39 heavy (non-hydrogen) atoms. The van der Waals surface area contributed by atoms with Gasteiger partial charge in [-0.3, -0.25) is 4.79 Å². The van der Waals surface area contributed by atoms with E-state index in [0.717, 1.165) is 33.6 Å². The van der Waals surface area contributed by atoms with Crippen molar-refractivity contribution in [2.24, 2.45) is 0 Å². The first kappa shape index (κ1) is 24.4. The van der Waals surface area contributed by atoms with Crippen molar-refractivity contribution in [1.29, 1.82) is 0 Å². The van der Waals surface area contributed by atoms with Crippen LogP contribution < -0.4 is 15.0 Å². The average molecular weight is 533 g/mol. The van der Waals surface area contributed by atoms with Crippen molar-refractivity contribution in [2.75, 3.05) is 14.2 Å². The number of hydrogen-bond acceptors (Lipinski definition) is 6. The molecule has 0 amide bonds. The molecule has 0 radical (unpaired) electrons. The maximum absolute atomic E-state index is 13.1. The first-order chi connectivity index (χ1) is 19.1. The highest BCUT2D eigenvalue weighted by Crippen LogP contribution is 2.34. The summed E-state index contributed by atoms with van der Waals surface area (Å²) in [4.78, 5) is 21.5. The molecule has 0 unspecified atom stereocenters. The predicted octanol–water partition coefficient (Wildman–Crippen LogP) is 6.69. The van der Waals surface area contributed by atoms with Crippen molar-refractivity contribution in [1.82, 2.24) is 19.7 Å². The minimum atomic E-state index is -0.167. The van der Waals surface area contributed by atoms with Gasteiger partial charge in [0.1, 0.15) is 16.3 Å². The fourth-order valence-corrected chi connectivity index (χ4v) is 5.43. The summed E-state index contributed by atoms with van der Waals surface area (Å²) >= 11 is 1.46. The number of thiophene rings is 1. The van der Waals surface area contributed by atoms with Crippen LogP contribution in [-0.4, -0.2) is 34.0 Å². The molecule has 0 bridgehead atoms. The van der Waals surface area contributed by atoms with Crippen LogP contribution in [0.1, 0.15) is 11.4 Å². The Kier molecular flexibility index (Phi) is 6.52. The van der Waals surface area contributed by atoms with Crippen LogP contribution in [0.15, 0.2) is 95.2 Å². The first-order valence-corrected chi connectivity index (χ1v) is 13.1. The normalized spacial score (nSPS) is 11.3. The van der Waals surface area contributed by atoms with Gasteiger partial charge in [-0.25, -0.2) is 9.67 Å². The summed E-state index contributed by atoms with van der Waals surface area (Å²) in [5.74, 6) is 1.73. The highest BCUT2D eigenvalue weighted by molar-refractivity contribution is 7.17. The van der Waals surface area contributed by atoms with E-state index in [1.165, 1.54) is 11.3 Å². The highest BCUT2D eigenvalue weighted by Gasteiger charge is 2.15. The fourth-order valence-electron chi connectivity index (χ4n) is 4.47. The Balaban J connectivity index is 1.42. The van der Waals surface area contributed by atoms with Crippen LogP contribution in [0.2, 0.25) is 0 Å². The molecule has 6 rings (SSSR count). The number of ether oxygens (including phenoxy) is 2. The molecule has 8 heteroatoms. The molecule has 0 saturated heterocycles. The van der Waals surface area contributed by atoms with Gasteiger partial charge in [0, 0.05) is 28.3 Å². The van der Waals surface area contributed by atoms with Gasteiger partial charge in [-0.2, -0.15) is 5.10 Å². The molecule has 0 aliphatic heterocycles. The Morgan fingerprint density at radius 3 is 2.36 bits per heavy atom. The lowest BCUT2D eigenvalue weighted by Gasteiger charge is -2.09. The molecule has 3 aromatic heterocycles. The van der Waals surface area contributed by atoms with E-state index in [1.54, 1.807) is 20.3 Å². The number of rotatable bonds is 7. The lowest BCUT2D eigenvalue weighted by Crippen LogP contribution is -2.09. The van der Waals surface area contributed by atoms with Gasteiger partial charge in [0.25, 0.3) is 5.56 Å². The first-order valence-electron chi connectivity index (χ1n) is 12.3. The van der Waals surface area contributed by atoms with Gasteiger partial charge < -0.3 is 14.5 Å². The molecule has 7 nitrogen and oxygen atoms in total. The molecule has 6 aromatic rings. The zero-order valence-electron chi connectivity index (χ0n) is 21.3. The van der Waals surface area contributed by atoms with Crippen LogP contribution in [-0.2, 0) is 0 Å². The van der Waals surface area contributed by atoms with Crippen molar-refractivity contribution in [3.05, 3.63) is 112 Å². The maximum atomic E-state index is 13.1. The number of hydrogen-bond donors (Lipinski definition) is 1. The van der Waals surface area contributed by atoms with Crippen molar-refractivity contribution in [3.63, 3.8) is 0 Å². The molecule has 1 N–H and O–H groups in total. The highest BCUT2D eigenvalue weighted by atomic mass is 32.1. The molecule has 0 atom stereocenters. The summed E-state index contributed by atoms with van der Waals surface area (Å²) in [6, 6.07) is 25.5. The van der Waals surface area contributed by atoms with Gasteiger partial charge in [0.2, 0.25) is 0 Å². The monoisotopic (exact) mass is 532 g/mol. The van der Waals surface area contributed by atoms with Gasteiger partial charge in [-0.05, 0) is 48.0 Å². The lowest BCUT2D eigenvalue weighted by atomic mass is 10.1. The fraction of sp³-hybridized carbons (Fsp3) is 0.0645. The molecule has 0 fully saturated rings. The third-order valence-electron chi connectivity index (χ3n) is 6.39. The zero-order chi connectivity index (χ0) is 26.8. The Hall–Kier alpha value is -4.95. The van der Waals surface area contributed by atoms with E-state index >= 15 is 0 Å². The quantitative estimate of drug-likeness (QED) is 0.248. The lowest BCUT2D eigenvalue weighted by molar-refractivity contribution is 0.355. The van der Waals surface area contributed by atoms with Crippen molar-refractivity contribution in [2.45, 2.75) is 0 Å². The molecule has 0 saturated carbocycles. The Labute approximate surface area is 228 Å². The van der Waals surface area contributed by atoms with Gasteiger partial charge >= 0.3 is 0 Å². The molecular formula is C31H24N4O3S. The van der Waals surface area contributed by atoms with Gasteiger partial charge in [0.05, 0.1) is 25.3 Å². The number of nitrogens with zero attached hydrogens (tertiary/aromatic N) is 3. The van der Waals surface area contributed by atoms with E-state index in [1.807, 2.05) is 101 Å². The van der Waals surface area contributed by atoms with Crippen LogP contribution in [0.3, 0.4) is 0 Å². The summed E-state index contributed by atoms with van der Waals surface area (Å²) in [5.41, 5.74) is 5.11. The maximum Gasteiger partial charge on any atom is 0.260 e. The molecule has 0 aliphatic carbocycles. The van der Waals surface area contributed by atoms with Gasteiger partial charge in [-0.1, -0.05) is 48.5 Å². The number of para-hydroxylation sites is 1. The molecular weight excluding hydrogens is 508 g/mol. The molecule has 192 valence electrons. The summed E-state index contributed by atoms with van der Waals surface area (Å²) < 4.78 is 12.8. The number of aromatic nitrogens is 4. The Bertz CT molecular complexity index is 1850. The molecule has 3 aromatic carbocycles. The second kappa shape index (κ2) is 10.4. The van der Waals surface area contributed by atoms with E-state index in [0.29, 0.717) is 27.5 Å². The Morgan fingerprint density at radius 1 is 0.872 bits per heavy atom.